The number of aryl methyl sites for hydroxylation is 1. The molecule has 2 atom stereocenters. The summed E-state index contributed by atoms with van der Waals surface area (Å²) in [7, 11) is 0. The van der Waals surface area contributed by atoms with Crippen LogP contribution in [-0.2, 0) is 0 Å². The average Bonchev–Trinajstić information content (AvgIpc) is 3.05. The van der Waals surface area contributed by atoms with Gasteiger partial charge in [-0.15, -0.1) is 0 Å². The van der Waals surface area contributed by atoms with Crippen molar-refractivity contribution in [2.45, 2.75) is 25.8 Å². The summed E-state index contributed by atoms with van der Waals surface area (Å²) >= 11 is 0. The molecule has 2 fully saturated rings. The number of anilines is 2. The summed E-state index contributed by atoms with van der Waals surface area (Å²) in [6.07, 6.45) is 4.64. The Hall–Kier alpha value is -2.68. The van der Waals surface area contributed by atoms with E-state index in [4.69, 9.17) is 0 Å². The summed E-state index contributed by atoms with van der Waals surface area (Å²) in [5.41, 5.74) is 2.91. The van der Waals surface area contributed by atoms with Gasteiger partial charge in [-0.25, -0.2) is 14.4 Å². The molecule has 4 rings (SSSR count). The van der Waals surface area contributed by atoms with Gasteiger partial charge in [-0.1, -0.05) is 6.07 Å². The molecule has 2 aliphatic heterocycles. The lowest BCUT2D eigenvalue weighted by Gasteiger charge is -2.39. The van der Waals surface area contributed by atoms with Crippen molar-refractivity contribution < 1.29 is 4.39 Å². The number of fused-ring (bicyclic) bond motifs is 1. The number of hydrogen-bond donors (Lipinski definition) is 0. The smallest absolute Gasteiger partial charge is 0.225 e. The highest BCUT2D eigenvalue weighted by Gasteiger charge is 2.39. The lowest BCUT2D eigenvalue weighted by atomic mass is 9.92. The number of hydrogen-bond acceptors (Lipinski definition) is 5. The fraction of sp³-hybridized carbons (Fsp3) is 0.421. The van der Waals surface area contributed by atoms with Gasteiger partial charge in [0, 0.05) is 25.7 Å². The molecule has 1 aromatic heterocycles. The Morgan fingerprint density at radius 2 is 1.96 bits per heavy atom. The van der Waals surface area contributed by atoms with Gasteiger partial charge >= 0.3 is 0 Å². The summed E-state index contributed by atoms with van der Waals surface area (Å²) in [6, 6.07) is 8.64. The van der Waals surface area contributed by atoms with Crippen LogP contribution in [0.4, 0.5) is 16.0 Å². The molecule has 0 saturated carbocycles. The molecule has 0 aliphatic carbocycles. The predicted molar refractivity (Wildman–Crippen MR) is 94.0 cm³/mol. The molecule has 2 aromatic rings. The second-order valence-electron chi connectivity index (χ2n) is 6.88. The molecule has 2 aliphatic rings. The normalized spacial score (nSPS) is 22.6. The Kier molecular flexibility index (Phi) is 4.00. The van der Waals surface area contributed by atoms with E-state index >= 15 is 0 Å². The SMILES string of the molecule is Cc1ccc(C#N)c(N2CCC3CCN(c4ncc(F)cn4)CC32)c1. The van der Waals surface area contributed by atoms with E-state index in [9.17, 15) is 9.65 Å². The molecule has 2 unspecified atom stereocenters. The first-order valence-electron chi connectivity index (χ1n) is 8.65. The fourth-order valence-corrected chi connectivity index (χ4v) is 4.06. The van der Waals surface area contributed by atoms with Crippen molar-refractivity contribution in [1.29, 1.82) is 5.26 Å². The van der Waals surface area contributed by atoms with E-state index in [1.54, 1.807) is 0 Å². The Balaban J connectivity index is 1.61. The van der Waals surface area contributed by atoms with Gasteiger partial charge in [0.2, 0.25) is 5.95 Å². The summed E-state index contributed by atoms with van der Waals surface area (Å²) < 4.78 is 13.1. The first kappa shape index (κ1) is 15.8. The average molecular weight is 337 g/mol. The van der Waals surface area contributed by atoms with E-state index in [0.717, 1.165) is 49.3 Å². The van der Waals surface area contributed by atoms with Crippen LogP contribution < -0.4 is 9.80 Å². The molecular formula is C19H20FN5. The highest BCUT2D eigenvalue weighted by Crippen LogP contribution is 2.37. The van der Waals surface area contributed by atoms with Crippen molar-refractivity contribution in [1.82, 2.24) is 9.97 Å². The standard InChI is InChI=1S/C19H20FN5/c1-13-2-3-15(9-21)17(8-13)25-7-5-14-4-6-24(12-18(14)25)19-22-10-16(20)11-23-19/h2-3,8,10-11,14,18H,4-7,12H2,1H3. The minimum Gasteiger partial charge on any atom is -0.365 e. The van der Waals surface area contributed by atoms with Gasteiger partial charge < -0.3 is 9.80 Å². The van der Waals surface area contributed by atoms with Gasteiger partial charge in [0.25, 0.3) is 0 Å². The molecular weight excluding hydrogens is 317 g/mol. The third-order valence-corrected chi connectivity index (χ3v) is 5.34. The first-order chi connectivity index (χ1) is 12.2. The number of rotatable bonds is 2. The minimum atomic E-state index is -0.417. The second kappa shape index (κ2) is 6.32. The largest absolute Gasteiger partial charge is 0.365 e. The van der Waals surface area contributed by atoms with Crippen molar-refractivity contribution in [3.63, 3.8) is 0 Å². The molecule has 5 nitrogen and oxygen atoms in total. The first-order valence-corrected chi connectivity index (χ1v) is 8.65. The zero-order valence-electron chi connectivity index (χ0n) is 14.2. The summed E-state index contributed by atoms with van der Waals surface area (Å²) in [5, 5.41) is 9.48. The molecule has 6 heteroatoms. The van der Waals surface area contributed by atoms with Gasteiger partial charge in [-0.2, -0.15) is 5.26 Å². The van der Waals surface area contributed by atoms with Gasteiger partial charge in [0.05, 0.1) is 23.6 Å². The Labute approximate surface area is 146 Å². The molecule has 0 radical (unpaired) electrons. The summed E-state index contributed by atoms with van der Waals surface area (Å²) in [6.45, 7) is 4.71. The number of halogens is 1. The Morgan fingerprint density at radius 1 is 1.20 bits per heavy atom. The van der Waals surface area contributed by atoms with Crippen LogP contribution in [0.15, 0.2) is 30.6 Å². The molecule has 0 bridgehead atoms. The minimum absolute atomic E-state index is 0.330. The van der Waals surface area contributed by atoms with Crippen molar-refractivity contribution in [2.75, 3.05) is 29.4 Å². The van der Waals surface area contributed by atoms with E-state index in [1.165, 1.54) is 12.4 Å². The summed E-state index contributed by atoms with van der Waals surface area (Å²) in [5.74, 6) is 0.778. The van der Waals surface area contributed by atoms with Gasteiger partial charge in [-0.3, -0.25) is 0 Å². The lowest BCUT2D eigenvalue weighted by molar-refractivity contribution is 0.387. The van der Waals surface area contributed by atoms with Gasteiger partial charge in [-0.05, 0) is 43.4 Å². The van der Waals surface area contributed by atoms with E-state index in [2.05, 4.69) is 38.8 Å². The molecule has 2 saturated heterocycles. The monoisotopic (exact) mass is 337 g/mol. The van der Waals surface area contributed by atoms with Crippen molar-refractivity contribution in [2.24, 2.45) is 5.92 Å². The van der Waals surface area contributed by atoms with Crippen LogP contribution >= 0.6 is 0 Å². The van der Waals surface area contributed by atoms with Crippen molar-refractivity contribution in [3.05, 3.63) is 47.5 Å². The molecule has 0 spiro atoms. The number of nitrogens with zero attached hydrogens (tertiary/aromatic N) is 5. The Bertz CT molecular complexity index is 814. The third kappa shape index (κ3) is 2.91. The lowest BCUT2D eigenvalue weighted by Crippen LogP contribution is -2.49. The maximum atomic E-state index is 13.1. The van der Waals surface area contributed by atoms with Crippen molar-refractivity contribution >= 4 is 11.6 Å². The van der Waals surface area contributed by atoms with E-state index in [-0.39, 0.29) is 0 Å². The van der Waals surface area contributed by atoms with Crippen LogP contribution in [0.3, 0.4) is 0 Å². The van der Waals surface area contributed by atoms with E-state index in [1.807, 2.05) is 12.1 Å². The topological polar surface area (TPSA) is 56.1 Å². The number of aromatic nitrogens is 2. The van der Waals surface area contributed by atoms with Crippen LogP contribution in [0.1, 0.15) is 24.0 Å². The van der Waals surface area contributed by atoms with E-state index in [0.29, 0.717) is 17.9 Å². The maximum Gasteiger partial charge on any atom is 0.225 e. The van der Waals surface area contributed by atoms with Crippen LogP contribution in [0.2, 0.25) is 0 Å². The van der Waals surface area contributed by atoms with Crippen LogP contribution in [-0.4, -0.2) is 35.6 Å². The highest BCUT2D eigenvalue weighted by atomic mass is 19.1. The summed E-state index contributed by atoms with van der Waals surface area (Å²) in [4.78, 5) is 12.8. The van der Waals surface area contributed by atoms with Crippen molar-refractivity contribution in [3.8, 4) is 6.07 Å². The second-order valence-corrected chi connectivity index (χ2v) is 6.88. The number of nitriles is 1. The third-order valence-electron chi connectivity index (χ3n) is 5.34. The van der Waals surface area contributed by atoms with Crippen LogP contribution in [0, 0.1) is 30.0 Å². The molecule has 25 heavy (non-hydrogen) atoms. The zero-order chi connectivity index (χ0) is 17.4. The molecule has 128 valence electrons. The van der Waals surface area contributed by atoms with E-state index < -0.39 is 5.82 Å². The molecule has 0 N–H and O–H groups in total. The molecule has 3 heterocycles. The van der Waals surface area contributed by atoms with Crippen LogP contribution in [0.25, 0.3) is 0 Å². The number of benzene rings is 1. The quantitative estimate of drug-likeness (QED) is 0.843. The van der Waals surface area contributed by atoms with Crippen LogP contribution in [0.5, 0.6) is 0 Å². The highest BCUT2D eigenvalue weighted by molar-refractivity contribution is 5.62. The molecule has 1 aromatic carbocycles. The number of piperidine rings is 1. The maximum absolute atomic E-state index is 13.1. The zero-order valence-corrected chi connectivity index (χ0v) is 14.2. The fourth-order valence-electron chi connectivity index (χ4n) is 4.06. The molecule has 0 amide bonds. The van der Waals surface area contributed by atoms with Gasteiger partial charge in [0.15, 0.2) is 5.82 Å². The van der Waals surface area contributed by atoms with Gasteiger partial charge in [0.1, 0.15) is 6.07 Å². The Morgan fingerprint density at radius 3 is 2.72 bits per heavy atom. The predicted octanol–water partition coefficient (Wildman–Crippen LogP) is 2.90.